The highest BCUT2D eigenvalue weighted by molar-refractivity contribution is 6.43. The lowest BCUT2D eigenvalue weighted by atomic mass is 9.85. The van der Waals surface area contributed by atoms with E-state index in [4.69, 9.17) is 0 Å². The van der Waals surface area contributed by atoms with Crippen molar-refractivity contribution in [1.82, 2.24) is 9.97 Å². The number of rotatable bonds is 0. The van der Waals surface area contributed by atoms with Gasteiger partial charge in [-0.05, 0) is 141 Å². The number of nitrogens with zero attached hydrogens (tertiary/aromatic N) is 2. The Balaban J connectivity index is 1.30. The van der Waals surface area contributed by atoms with Gasteiger partial charge in [-0.15, -0.1) is 0 Å². The highest BCUT2D eigenvalue weighted by atomic mass is 14.6. The summed E-state index contributed by atoms with van der Waals surface area (Å²) in [4.78, 5) is 9.29. The first-order valence-electron chi connectivity index (χ1n) is 20.0. The minimum atomic E-state index is 1.19. The van der Waals surface area contributed by atoms with E-state index < -0.39 is 0 Å². The van der Waals surface area contributed by atoms with Gasteiger partial charge in [-0.25, -0.2) is 0 Å². The van der Waals surface area contributed by atoms with Crippen molar-refractivity contribution in [2.75, 3.05) is 0 Å². The number of benzene rings is 12. The standard InChI is InChI=1S/C56H30N2/c1-3-33-5-7-35-9-11-37-13-15-39-17-19-41-21-23-43-24-22-42-20-18-40-16-14-38-12-10-36-8-6-34-4-2-32-26-28-58-30-45(32)47(34)49(36)51(38)53(40)55(42)56(43)54(41)52(39)50(37)48(35)46(33)44-29-57-27-25-31(1)44/h1-30H. The maximum atomic E-state index is 4.64. The Bertz CT molecular complexity index is 3880. The molecule has 0 aliphatic rings. The van der Waals surface area contributed by atoms with Crippen LogP contribution in [0.4, 0.5) is 0 Å². The highest BCUT2D eigenvalue weighted by Crippen LogP contribution is 2.47. The summed E-state index contributed by atoms with van der Waals surface area (Å²) in [5.41, 5.74) is 0. The Morgan fingerprint density at radius 1 is 0.172 bits per heavy atom. The van der Waals surface area contributed by atoms with Crippen LogP contribution in [0, 0.1) is 0 Å². The fourth-order valence-corrected chi connectivity index (χ4v) is 10.7. The van der Waals surface area contributed by atoms with Crippen LogP contribution in [0.15, 0.2) is 183 Å². The third-order valence-corrected chi connectivity index (χ3v) is 13.2. The number of hydrogen-bond donors (Lipinski definition) is 0. The summed E-state index contributed by atoms with van der Waals surface area (Å²) in [6.07, 6.45) is 7.90. The lowest BCUT2D eigenvalue weighted by Crippen LogP contribution is -1.90. The van der Waals surface area contributed by atoms with Gasteiger partial charge in [0, 0.05) is 35.6 Å². The summed E-state index contributed by atoms with van der Waals surface area (Å²) >= 11 is 0. The summed E-state index contributed by atoms with van der Waals surface area (Å²) in [6, 6.07) is 59.5. The number of fused-ring (bicyclic) bond motifs is 25. The van der Waals surface area contributed by atoms with Gasteiger partial charge in [-0.2, -0.15) is 0 Å². The molecule has 2 nitrogen and oxygen atoms in total. The van der Waals surface area contributed by atoms with Gasteiger partial charge in [0.15, 0.2) is 0 Å². The predicted molar refractivity (Wildman–Crippen MR) is 250 cm³/mol. The fraction of sp³-hybridized carbons (Fsp3) is 0. The van der Waals surface area contributed by atoms with Gasteiger partial charge in [-0.1, -0.05) is 146 Å². The SMILES string of the molecule is c1cc2ccc3ccc4ccc5ccc6ccc7ccc8ccc9ccc%10ccc%11ccc%12ccc%13ccc%14ccncc%14c%13c%12c%11c%10c9c8c7c6c5c4c3c2cn1. The van der Waals surface area contributed by atoms with Gasteiger partial charge in [0.1, 0.15) is 0 Å². The predicted octanol–water partition coefficient (Wildman–Crippen LogP) is 15.5. The molecule has 264 valence electrons. The second-order valence-corrected chi connectivity index (χ2v) is 16.1. The molecule has 0 atom stereocenters. The van der Waals surface area contributed by atoms with Crippen LogP contribution in [0.2, 0.25) is 0 Å². The number of aromatic nitrogens is 2. The Morgan fingerprint density at radius 2 is 0.345 bits per heavy atom. The average molecular weight is 731 g/mol. The quantitative estimate of drug-likeness (QED) is 0.145. The van der Waals surface area contributed by atoms with Crippen molar-refractivity contribution in [3.8, 4) is 0 Å². The molecule has 0 spiro atoms. The Morgan fingerprint density at radius 3 is 0.569 bits per heavy atom. The van der Waals surface area contributed by atoms with Crippen molar-refractivity contribution in [3.05, 3.63) is 183 Å². The van der Waals surface area contributed by atoms with E-state index in [1.54, 1.807) is 0 Å². The van der Waals surface area contributed by atoms with E-state index in [9.17, 15) is 0 Å². The van der Waals surface area contributed by atoms with Crippen LogP contribution >= 0.6 is 0 Å². The zero-order valence-electron chi connectivity index (χ0n) is 31.2. The van der Waals surface area contributed by atoms with Crippen LogP contribution < -0.4 is 0 Å². The molecule has 2 heteroatoms. The molecule has 2 aromatic heterocycles. The number of pyridine rings is 2. The molecule has 0 aliphatic carbocycles. The highest BCUT2D eigenvalue weighted by Gasteiger charge is 2.19. The van der Waals surface area contributed by atoms with E-state index in [1.807, 2.05) is 24.8 Å². The molecule has 0 amide bonds. The first kappa shape index (κ1) is 30.5. The van der Waals surface area contributed by atoms with E-state index in [0.717, 1.165) is 0 Å². The van der Waals surface area contributed by atoms with Crippen LogP contribution in [0.3, 0.4) is 0 Å². The molecule has 14 aromatic rings. The minimum absolute atomic E-state index is 1.19. The van der Waals surface area contributed by atoms with E-state index in [-0.39, 0.29) is 0 Å². The maximum Gasteiger partial charge on any atom is 0.0352 e. The normalized spacial score (nSPS) is 12.5. The molecule has 0 unspecified atom stereocenters. The Labute approximate surface area is 331 Å². The van der Waals surface area contributed by atoms with Gasteiger partial charge >= 0.3 is 0 Å². The molecule has 0 fully saturated rings. The summed E-state index contributed by atoms with van der Waals surface area (Å²) < 4.78 is 0. The van der Waals surface area contributed by atoms with Gasteiger partial charge in [0.2, 0.25) is 0 Å². The van der Waals surface area contributed by atoms with Crippen LogP contribution in [0.25, 0.3) is 140 Å². The first-order chi connectivity index (χ1) is 28.8. The molecule has 0 N–H and O–H groups in total. The molecule has 0 saturated carbocycles. The molecule has 58 heavy (non-hydrogen) atoms. The summed E-state index contributed by atoms with van der Waals surface area (Å²) in [5, 5.41) is 32.6. The molecule has 14 rings (SSSR count). The summed E-state index contributed by atoms with van der Waals surface area (Å²) in [6.45, 7) is 0. The largest absolute Gasteiger partial charge is 0.264 e. The third-order valence-electron chi connectivity index (χ3n) is 13.2. The summed E-state index contributed by atoms with van der Waals surface area (Å²) in [5.74, 6) is 0. The molecule has 0 bridgehead atoms. The smallest absolute Gasteiger partial charge is 0.0352 e. The van der Waals surface area contributed by atoms with Crippen LogP contribution in [0.1, 0.15) is 0 Å². The molecular formula is C56H30N2. The summed E-state index contributed by atoms with van der Waals surface area (Å²) in [7, 11) is 0. The van der Waals surface area contributed by atoms with Crippen molar-refractivity contribution < 1.29 is 0 Å². The van der Waals surface area contributed by atoms with Crippen molar-refractivity contribution in [3.63, 3.8) is 0 Å². The molecule has 0 saturated heterocycles. The topological polar surface area (TPSA) is 25.8 Å². The van der Waals surface area contributed by atoms with Gasteiger partial charge in [0.25, 0.3) is 0 Å². The van der Waals surface area contributed by atoms with Crippen molar-refractivity contribution >= 4 is 140 Å². The Kier molecular flexibility index (Phi) is 5.79. The Hall–Kier alpha value is -7.68. The lowest BCUT2D eigenvalue weighted by molar-refractivity contribution is 1.37. The van der Waals surface area contributed by atoms with Gasteiger partial charge in [0.05, 0.1) is 0 Å². The van der Waals surface area contributed by atoms with Crippen molar-refractivity contribution in [2.24, 2.45) is 0 Å². The van der Waals surface area contributed by atoms with Crippen LogP contribution in [-0.4, -0.2) is 9.97 Å². The van der Waals surface area contributed by atoms with Gasteiger partial charge < -0.3 is 0 Å². The minimum Gasteiger partial charge on any atom is -0.264 e. The molecule has 0 radical (unpaired) electrons. The van der Waals surface area contributed by atoms with E-state index >= 15 is 0 Å². The average Bonchev–Trinajstić information content (AvgIpc) is 3.29. The third kappa shape index (κ3) is 3.91. The first-order valence-corrected chi connectivity index (χ1v) is 20.0. The fourth-order valence-electron chi connectivity index (χ4n) is 10.7. The monoisotopic (exact) mass is 730 g/mol. The van der Waals surface area contributed by atoms with E-state index in [0.29, 0.717) is 0 Å². The molecule has 2 heterocycles. The van der Waals surface area contributed by atoms with E-state index in [2.05, 4.69) is 168 Å². The zero-order chi connectivity index (χ0) is 37.6. The molecule has 0 aliphatic heterocycles. The van der Waals surface area contributed by atoms with Crippen molar-refractivity contribution in [1.29, 1.82) is 0 Å². The molecule has 12 aromatic carbocycles. The van der Waals surface area contributed by atoms with Crippen LogP contribution in [0.5, 0.6) is 0 Å². The van der Waals surface area contributed by atoms with Crippen LogP contribution in [-0.2, 0) is 0 Å². The second-order valence-electron chi connectivity index (χ2n) is 16.1. The van der Waals surface area contributed by atoms with Gasteiger partial charge in [-0.3, -0.25) is 9.97 Å². The number of hydrogen-bond acceptors (Lipinski definition) is 2. The maximum absolute atomic E-state index is 4.64. The molecular weight excluding hydrogens is 701 g/mol. The zero-order valence-corrected chi connectivity index (χ0v) is 31.2. The van der Waals surface area contributed by atoms with E-state index in [1.165, 1.54) is 140 Å². The lowest BCUT2D eigenvalue weighted by Gasteiger charge is -2.18. The second kappa shape index (κ2) is 11.0. The van der Waals surface area contributed by atoms with Crippen molar-refractivity contribution in [2.45, 2.75) is 0 Å².